The third-order valence-electron chi connectivity index (χ3n) is 3.35. The van der Waals surface area contributed by atoms with Gasteiger partial charge in [-0.15, -0.1) is 16.4 Å². The smallest absolute Gasteiger partial charge is 0.119 e. The number of hydrogen-bond acceptors (Lipinski definition) is 5. The minimum atomic E-state index is 0.387. The van der Waals surface area contributed by atoms with E-state index >= 15 is 0 Å². The number of benzene rings is 1. The van der Waals surface area contributed by atoms with E-state index < -0.39 is 0 Å². The van der Waals surface area contributed by atoms with Crippen molar-refractivity contribution in [2.24, 2.45) is 5.73 Å². The van der Waals surface area contributed by atoms with Crippen molar-refractivity contribution < 1.29 is 4.74 Å². The van der Waals surface area contributed by atoms with Crippen molar-refractivity contribution in [3.63, 3.8) is 0 Å². The molecule has 3 rings (SSSR count). The van der Waals surface area contributed by atoms with Crippen LogP contribution in [0.4, 0.5) is 0 Å². The minimum Gasteiger partial charge on any atom is -0.494 e. The Bertz CT molecular complexity index is 719. The monoisotopic (exact) mass is 314 g/mol. The molecule has 0 atom stereocenters. The maximum Gasteiger partial charge on any atom is 0.119 e. The summed E-state index contributed by atoms with van der Waals surface area (Å²) in [6.45, 7) is 3.01. The summed E-state index contributed by atoms with van der Waals surface area (Å²) in [6.07, 6.45) is 0.782. The van der Waals surface area contributed by atoms with Gasteiger partial charge in [0.05, 0.1) is 18.0 Å². The van der Waals surface area contributed by atoms with Crippen LogP contribution in [-0.4, -0.2) is 21.6 Å². The number of hydrogen-bond donors (Lipinski definition) is 1. The largest absolute Gasteiger partial charge is 0.494 e. The zero-order valence-corrected chi connectivity index (χ0v) is 13.2. The topological polar surface area (TPSA) is 66.0 Å². The summed E-state index contributed by atoms with van der Waals surface area (Å²) in [5, 5.41) is 10.5. The molecule has 114 valence electrons. The van der Waals surface area contributed by atoms with Crippen molar-refractivity contribution in [3.05, 3.63) is 58.0 Å². The summed E-state index contributed by atoms with van der Waals surface area (Å²) >= 11 is 1.72. The molecule has 2 heterocycles. The van der Waals surface area contributed by atoms with Gasteiger partial charge in [-0.05, 0) is 42.6 Å². The zero-order chi connectivity index (χ0) is 15.4. The molecule has 5 nitrogen and oxygen atoms in total. The Balaban J connectivity index is 1.94. The fraction of sp³-hybridized carbons (Fsp3) is 0.250. The van der Waals surface area contributed by atoms with Gasteiger partial charge in [0.15, 0.2) is 0 Å². The summed E-state index contributed by atoms with van der Waals surface area (Å²) in [5.74, 6) is 0.852. The van der Waals surface area contributed by atoms with Crippen LogP contribution in [0, 0.1) is 0 Å². The molecule has 0 fully saturated rings. The molecule has 3 aromatic rings. The van der Waals surface area contributed by atoms with Crippen molar-refractivity contribution in [2.45, 2.75) is 19.9 Å². The SMILES string of the molecule is CCOc1ccc(-n2nnc(CN)c2Cc2cccs2)cc1. The molecule has 0 aliphatic carbocycles. The van der Waals surface area contributed by atoms with Crippen molar-refractivity contribution in [2.75, 3.05) is 6.61 Å². The number of rotatable bonds is 6. The first kappa shape index (κ1) is 14.7. The highest BCUT2D eigenvalue weighted by atomic mass is 32.1. The van der Waals surface area contributed by atoms with Crippen molar-refractivity contribution in [1.82, 2.24) is 15.0 Å². The molecule has 0 saturated heterocycles. The quantitative estimate of drug-likeness (QED) is 0.760. The first-order valence-electron chi connectivity index (χ1n) is 7.21. The van der Waals surface area contributed by atoms with E-state index in [1.807, 2.05) is 41.9 Å². The van der Waals surface area contributed by atoms with Crippen LogP contribution in [0.3, 0.4) is 0 Å². The molecular formula is C16H18N4OS. The Labute approximate surface area is 133 Å². The molecule has 0 radical (unpaired) electrons. The summed E-state index contributed by atoms with van der Waals surface area (Å²) in [7, 11) is 0. The van der Waals surface area contributed by atoms with Crippen LogP contribution < -0.4 is 10.5 Å². The van der Waals surface area contributed by atoms with Gasteiger partial charge in [0, 0.05) is 17.8 Å². The Morgan fingerprint density at radius 3 is 2.68 bits per heavy atom. The summed E-state index contributed by atoms with van der Waals surface area (Å²) < 4.78 is 7.33. The van der Waals surface area contributed by atoms with Gasteiger partial charge in [-0.25, -0.2) is 4.68 Å². The highest BCUT2D eigenvalue weighted by molar-refractivity contribution is 7.09. The minimum absolute atomic E-state index is 0.387. The lowest BCUT2D eigenvalue weighted by Crippen LogP contribution is -2.06. The van der Waals surface area contributed by atoms with Crippen LogP contribution in [0.2, 0.25) is 0 Å². The standard InChI is InChI=1S/C16H18N4OS/c1-2-21-13-7-5-12(6-8-13)20-16(15(11-17)18-19-20)10-14-4-3-9-22-14/h3-9H,2,10-11,17H2,1H3. The van der Waals surface area contributed by atoms with Crippen LogP contribution in [0.15, 0.2) is 41.8 Å². The average molecular weight is 314 g/mol. The van der Waals surface area contributed by atoms with Gasteiger partial charge in [0.25, 0.3) is 0 Å². The van der Waals surface area contributed by atoms with Gasteiger partial charge in [-0.3, -0.25) is 0 Å². The first-order chi connectivity index (χ1) is 10.8. The first-order valence-corrected chi connectivity index (χ1v) is 8.09. The molecule has 0 amide bonds. The maximum atomic E-state index is 5.80. The lowest BCUT2D eigenvalue weighted by molar-refractivity contribution is 0.340. The van der Waals surface area contributed by atoms with Gasteiger partial charge in [-0.1, -0.05) is 11.3 Å². The highest BCUT2D eigenvalue weighted by Gasteiger charge is 2.14. The zero-order valence-electron chi connectivity index (χ0n) is 12.4. The molecule has 0 aliphatic heterocycles. The predicted octanol–water partition coefficient (Wildman–Crippen LogP) is 2.78. The molecular weight excluding hydrogens is 296 g/mol. The summed E-state index contributed by atoms with van der Waals surface area (Å²) in [5.41, 5.74) is 8.63. The number of nitrogens with two attached hydrogens (primary N) is 1. The fourth-order valence-electron chi connectivity index (χ4n) is 2.30. The second-order valence-corrected chi connectivity index (χ2v) is 5.81. The van der Waals surface area contributed by atoms with E-state index in [0.29, 0.717) is 13.2 Å². The van der Waals surface area contributed by atoms with Crippen LogP contribution in [0.25, 0.3) is 5.69 Å². The van der Waals surface area contributed by atoms with Crippen LogP contribution in [0.1, 0.15) is 23.2 Å². The number of nitrogens with zero attached hydrogens (tertiary/aromatic N) is 3. The molecule has 2 aromatic heterocycles. The Morgan fingerprint density at radius 1 is 1.23 bits per heavy atom. The second-order valence-electron chi connectivity index (χ2n) is 4.78. The van der Waals surface area contributed by atoms with Crippen molar-refractivity contribution in [3.8, 4) is 11.4 Å². The highest BCUT2D eigenvalue weighted by Crippen LogP contribution is 2.21. The Kier molecular flexibility index (Phi) is 4.50. The normalized spacial score (nSPS) is 10.8. The average Bonchev–Trinajstić information content (AvgIpc) is 3.19. The summed E-state index contributed by atoms with van der Waals surface area (Å²) in [6, 6.07) is 12.0. The van der Waals surface area contributed by atoms with Crippen LogP contribution in [-0.2, 0) is 13.0 Å². The van der Waals surface area contributed by atoms with Crippen molar-refractivity contribution >= 4 is 11.3 Å². The molecule has 0 unspecified atom stereocenters. The Hall–Kier alpha value is -2.18. The molecule has 0 spiro atoms. The third-order valence-corrected chi connectivity index (χ3v) is 4.23. The predicted molar refractivity (Wildman–Crippen MR) is 87.5 cm³/mol. The summed E-state index contributed by atoms with van der Waals surface area (Å²) in [4.78, 5) is 1.27. The molecule has 0 saturated carbocycles. The fourth-order valence-corrected chi connectivity index (χ4v) is 3.01. The van der Waals surface area contributed by atoms with Gasteiger partial charge in [-0.2, -0.15) is 0 Å². The van der Waals surface area contributed by atoms with Gasteiger partial charge >= 0.3 is 0 Å². The van der Waals surface area contributed by atoms with E-state index in [9.17, 15) is 0 Å². The number of thiophene rings is 1. The third kappa shape index (κ3) is 3.03. The molecule has 22 heavy (non-hydrogen) atoms. The lowest BCUT2D eigenvalue weighted by atomic mass is 10.2. The molecule has 6 heteroatoms. The maximum absolute atomic E-state index is 5.80. The van der Waals surface area contributed by atoms with Gasteiger partial charge < -0.3 is 10.5 Å². The molecule has 0 bridgehead atoms. The van der Waals surface area contributed by atoms with E-state index in [1.54, 1.807) is 11.3 Å². The second kappa shape index (κ2) is 6.72. The van der Waals surface area contributed by atoms with E-state index in [-0.39, 0.29) is 0 Å². The molecule has 2 N–H and O–H groups in total. The molecule has 0 aliphatic rings. The lowest BCUT2D eigenvalue weighted by Gasteiger charge is -2.08. The number of aromatic nitrogens is 3. The molecule has 1 aromatic carbocycles. The van der Waals surface area contributed by atoms with E-state index in [1.165, 1.54) is 4.88 Å². The van der Waals surface area contributed by atoms with Gasteiger partial charge in [0.1, 0.15) is 11.4 Å². The van der Waals surface area contributed by atoms with Gasteiger partial charge in [0.2, 0.25) is 0 Å². The van der Waals surface area contributed by atoms with E-state index in [0.717, 1.165) is 29.2 Å². The Morgan fingerprint density at radius 2 is 2.05 bits per heavy atom. The van der Waals surface area contributed by atoms with Crippen molar-refractivity contribution in [1.29, 1.82) is 0 Å². The van der Waals surface area contributed by atoms with E-state index in [2.05, 4.69) is 21.8 Å². The number of ether oxygens (including phenoxy) is 1. The van der Waals surface area contributed by atoms with Crippen LogP contribution in [0.5, 0.6) is 5.75 Å². The van der Waals surface area contributed by atoms with Crippen LogP contribution >= 0.6 is 11.3 Å². The van der Waals surface area contributed by atoms with E-state index in [4.69, 9.17) is 10.5 Å².